The van der Waals surface area contributed by atoms with Gasteiger partial charge in [0, 0.05) is 57.1 Å². The average molecular weight is 595 g/mol. The molecule has 1 aliphatic rings. The first-order valence-corrected chi connectivity index (χ1v) is 15.3. The van der Waals surface area contributed by atoms with Crippen LogP contribution >= 0.6 is 0 Å². The van der Waals surface area contributed by atoms with Gasteiger partial charge in [-0.25, -0.2) is 8.42 Å². The largest absolute Gasteiger partial charge is 0.487 e. The third kappa shape index (κ3) is 6.80. The molecule has 224 valence electrons. The lowest BCUT2D eigenvalue weighted by Crippen LogP contribution is -2.50. The van der Waals surface area contributed by atoms with Gasteiger partial charge >= 0.3 is 0 Å². The highest BCUT2D eigenvalue weighted by Gasteiger charge is 2.38. The van der Waals surface area contributed by atoms with Crippen LogP contribution in [-0.2, 0) is 21.2 Å². The van der Waals surface area contributed by atoms with Crippen LogP contribution in [0.1, 0.15) is 29.9 Å². The van der Waals surface area contributed by atoms with Crippen LogP contribution in [0.15, 0.2) is 71.8 Å². The highest BCUT2D eigenvalue weighted by atomic mass is 32.2. The normalized spacial score (nSPS) is 19.0. The van der Waals surface area contributed by atoms with Crippen LogP contribution in [0.25, 0.3) is 11.1 Å². The van der Waals surface area contributed by atoms with Crippen molar-refractivity contribution >= 4 is 21.8 Å². The van der Waals surface area contributed by atoms with Crippen molar-refractivity contribution in [1.29, 1.82) is 0 Å². The number of rotatable bonds is 8. The van der Waals surface area contributed by atoms with Gasteiger partial charge in [-0.2, -0.15) is 4.31 Å². The van der Waals surface area contributed by atoms with Crippen LogP contribution in [0.2, 0.25) is 0 Å². The molecule has 2 aromatic carbocycles. The van der Waals surface area contributed by atoms with Crippen LogP contribution in [0, 0.1) is 5.92 Å². The monoisotopic (exact) mass is 594 g/mol. The molecule has 0 saturated carbocycles. The minimum atomic E-state index is -4.01. The van der Waals surface area contributed by atoms with Crippen molar-refractivity contribution < 1.29 is 27.9 Å². The van der Waals surface area contributed by atoms with Gasteiger partial charge < -0.3 is 19.6 Å². The van der Waals surface area contributed by atoms with Crippen molar-refractivity contribution in [3.05, 3.63) is 78.1 Å². The maximum atomic E-state index is 13.8. The number of aromatic nitrogens is 1. The number of benzene rings is 2. The fourth-order valence-electron chi connectivity index (χ4n) is 4.85. The summed E-state index contributed by atoms with van der Waals surface area (Å²) in [6.45, 7) is 3.53. The van der Waals surface area contributed by atoms with E-state index in [2.05, 4.69) is 4.98 Å². The zero-order chi connectivity index (χ0) is 30.6. The van der Waals surface area contributed by atoms with Crippen molar-refractivity contribution in [2.45, 2.75) is 37.3 Å². The van der Waals surface area contributed by atoms with E-state index in [-0.39, 0.29) is 54.5 Å². The van der Waals surface area contributed by atoms with Gasteiger partial charge in [0.15, 0.2) is 0 Å². The molecule has 10 nitrogen and oxygen atoms in total. The van der Waals surface area contributed by atoms with E-state index < -0.39 is 22.2 Å². The second kappa shape index (κ2) is 13.0. The number of hydrogen-bond acceptors (Lipinski definition) is 7. The molecule has 1 N–H and O–H groups in total. The van der Waals surface area contributed by atoms with Crippen LogP contribution in [0.3, 0.4) is 0 Å². The molecule has 3 aromatic rings. The topological polar surface area (TPSA) is 120 Å². The molecule has 4 rings (SSSR count). The maximum Gasteiger partial charge on any atom is 0.253 e. The van der Waals surface area contributed by atoms with Crippen LogP contribution in [0.4, 0.5) is 0 Å². The second-order valence-electron chi connectivity index (χ2n) is 11.0. The Bertz CT molecular complexity index is 1510. The Kier molecular flexibility index (Phi) is 9.65. The van der Waals surface area contributed by atoms with E-state index in [1.807, 2.05) is 13.0 Å². The van der Waals surface area contributed by atoms with Crippen molar-refractivity contribution in [3.63, 3.8) is 0 Å². The number of ether oxygens (including phenoxy) is 1. The number of aliphatic hydroxyl groups is 1. The number of sulfonamides is 1. The molecule has 1 aromatic heterocycles. The molecule has 2 heterocycles. The molecule has 1 aliphatic heterocycles. The van der Waals surface area contributed by atoms with Gasteiger partial charge in [0.05, 0.1) is 19.6 Å². The maximum absolute atomic E-state index is 13.8. The van der Waals surface area contributed by atoms with Gasteiger partial charge in [-0.05, 0) is 54.4 Å². The summed E-state index contributed by atoms with van der Waals surface area (Å²) in [6.07, 6.45) is 1.23. The number of aliphatic hydroxyl groups excluding tert-OH is 1. The smallest absolute Gasteiger partial charge is 0.253 e. The molecule has 11 heteroatoms. The number of carbonyl (C=O) groups excluding carboxylic acids is 2. The minimum absolute atomic E-state index is 0.00896. The Morgan fingerprint density at radius 3 is 2.38 bits per heavy atom. The number of fused-ring (bicyclic) bond motifs is 1. The number of hydrogen-bond donors (Lipinski definition) is 1. The Morgan fingerprint density at radius 2 is 1.76 bits per heavy atom. The summed E-state index contributed by atoms with van der Waals surface area (Å²) in [4.78, 5) is 32.7. The fraction of sp³-hybridized carbons (Fsp3) is 0.387. The van der Waals surface area contributed by atoms with Crippen LogP contribution < -0.4 is 4.74 Å². The predicted molar refractivity (Wildman–Crippen MR) is 159 cm³/mol. The first-order chi connectivity index (χ1) is 19.9. The molecule has 0 spiro atoms. The lowest BCUT2D eigenvalue weighted by Gasteiger charge is -2.37. The second-order valence-corrected chi connectivity index (χ2v) is 12.8. The molecular weight excluding hydrogens is 556 g/mol. The molecular formula is C31H38N4O6S. The number of pyridine rings is 1. The summed E-state index contributed by atoms with van der Waals surface area (Å²) in [5.41, 5.74) is 2.68. The highest BCUT2D eigenvalue weighted by Crippen LogP contribution is 2.36. The van der Waals surface area contributed by atoms with Crippen LogP contribution in [-0.4, -0.2) is 97.4 Å². The zero-order valence-corrected chi connectivity index (χ0v) is 25.4. The molecule has 2 amide bonds. The van der Waals surface area contributed by atoms with Gasteiger partial charge in [-0.15, -0.1) is 0 Å². The van der Waals surface area contributed by atoms with Gasteiger partial charge in [-0.3, -0.25) is 14.6 Å². The van der Waals surface area contributed by atoms with Crippen molar-refractivity contribution in [2.24, 2.45) is 5.92 Å². The summed E-state index contributed by atoms with van der Waals surface area (Å²) in [5, 5.41) is 9.91. The molecule has 0 unspecified atom stereocenters. The summed E-state index contributed by atoms with van der Waals surface area (Å²) in [5.74, 6) is -0.405. The minimum Gasteiger partial charge on any atom is -0.487 e. The van der Waals surface area contributed by atoms with E-state index in [1.54, 1.807) is 87.7 Å². The van der Waals surface area contributed by atoms with Crippen molar-refractivity contribution in [1.82, 2.24) is 19.1 Å². The third-order valence-electron chi connectivity index (χ3n) is 7.48. The fourth-order valence-corrected chi connectivity index (χ4v) is 6.68. The third-order valence-corrected chi connectivity index (χ3v) is 9.50. The molecule has 0 saturated heterocycles. The summed E-state index contributed by atoms with van der Waals surface area (Å²) >= 11 is 0. The zero-order valence-electron chi connectivity index (χ0n) is 24.6. The Morgan fingerprint density at radius 1 is 1.07 bits per heavy atom. The summed E-state index contributed by atoms with van der Waals surface area (Å²) in [6, 6.07) is 16.7. The first kappa shape index (κ1) is 31.1. The predicted octanol–water partition coefficient (Wildman–Crippen LogP) is 2.92. The summed E-state index contributed by atoms with van der Waals surface area (Å²) < 4.78 is 35.4. The van der Waals surface area contributed by atoms with Crippen molar-refractivity contribution in [2.75, 3.05) is 40.8 Å². The molecule has 0 fully saturated rings. The summed E-state index contributed by atoms with van der Waals surface area (Å²) in [7, 11) is 1.05. The molecule has 0 bridgehead atoms. The van der Waals surface area contributed by atoms with E-state index >= 15 is 0 Å². The van der Waals surface area contributed by atoms with E-state index in [0.717, 1.165) is 5.56 Å². The van der Waals surface area contributed by atoms with Gasteiger partial charge in [0.1, 0.15) is 16.7 Å². The van der Waals surface area contributed by atoms with Gasteiger partial charge in [0.2, 0.25) is 15.9 Å². The molecule has 0 aliphatic carbocycles. The quantitative estimate of drug-likeness (QED) is 0.426. The standard InChI is InChI=1S/C31H38N4O6S/c1-21-18-35(22(2)20-36)42(39,40)29-14-13-25(23-9-11-24(12-10-23)31(38)33(3)4)16-27(29)41-28(21)19-34(5)30(37)17-26-8-6-7-15-32-26/h6-16,21-22,28,36H,17-20H2,1-5H3/t21-,22-,28-/m0/s1. The van der Waals surface area contributed by atoms with E-state index in [1.165, 1.54) is 15.3 Å². The van der Waals surface area contributed by atoms with Gasteiger partial charge in [0.25, 0.3) is 5.91 Å². The Labute approximate surface area is 247 Å². The number of likely N-dealkylation sites (N-methyl/N-ethyl adjacent to an activating group) is 1. The number of nitrogens with zero attached hydrogens (tertiary/aromatic N) is 4. The van der Waals surface area contributed by atoms with E-state index in [9.17, 15) is 23.1 Å². The van der Waals surface area contributed by atoms with E-state index in [0.29, 0.717) is 16.8 Å². The Balaban J connectivity index is 1.69. The molecule has 3 atom stereocenters. The number of amides is 2. The van der Waals surface area contributed by atoms with Gasteiger partial charge in [-0.1, -0.05) is 31.2 Å². The molecule has 42 heavy (non-hydrogen) atoms. The average Bonchev–Trinajstić information content (AvgIpc) is 2.98. The lowest BCUT2D eigenvalue weighted by atomic mass is 10.0. The Hall–Kier alpha value is -3.80. The lowest BCUT2D eigenvalue weighted by molar-refractivity contribution is -0.130. The highest BCUT2D eigenvalue weighted by molar-refractivity contribution is 7.89. The SMILES string of the molecule is C[C@H]1CN([C@@H](C)CO)S(=O)(=O)c2ccc(-c3ccc(C(=O)N(C)C)cc3)cc2O[C@H]1CN(C)C(=O)Cc1ccccn1. The first-order valence-electron chi connectivity index (χ1n) is 13.8. The number of carbonyl (C=O) groups is 2. The van der Waals surface area contributed by atoms with Crippen molar-refractivity contribution in [3.8, 4) is 16.9 Å². The van der Waals surface area contributed by atoms with E-state index in [4.69, 9.17) is 4.74 Å². The molecule has 0 radical (unpaired) electrons. The van der Waals surface area contributed by atoms with Crippen LogP contribution in [0.5, 0.6) is 5.75 Å².